The molecule has 0 aliphatic heterocycles. The quantitative estimate of drug-likeness (QED) is 0.857. The van der Waals surface area contributed by atoms with Crippen molar-refractivity contribution in [2.75, 3.05) is 4.72 Å². The van der Waals surface area contributed by atoms with E-state index in [9.17, 15) is 13.2 Å². The van der Waals surface area contributed by atoms with Crippen LogP contribution >= 0.6 is 0 Å². The molecule has 0 bridgehead atoms. The van der Waals surface area contributed by atoms with Crippen LogP contribution in [0.25, 0.3) is 0 Å². The van der Waals surface area contributed by atoms with Gasteiger partial charge in [-0.3, -0.25) is 4.72 Å². The standard InChI is InChI=1S/C11H12N2O4S/c1-7-3-4-9(11(14)15)5-10(7)13-18(16,17)8(2)6-12/h3-5,8,13H,1-2H3,(H,14,15). The topological polar surface area (TPSA) is 107 Å². The second-order valence-corrected chi connectivity index (χ2v) is 5.75. The summed E-state index contributed by atoms with van der Waals surface area (Å²) in [6.07, 6.45) is 0. The summed E-state index contributed by atoms with van der Waals surface area (Å²) >= 11 is 0. The first kappa shape index (κ1) is 14.0. The second kappa shape index (κ2) is 5.06. The Labute approximate surface area is 105 Å². The molecule has 1 unspecified atom stereocenters. The summed E-state index contributed by atoms with van der Waals surface area (Å²) in [5.74, 6) is -1.15. The van der Waals surface area contributed by atoms with Gasteiger partial charge in [0.25, 0.3) is 0 Å². The Morgan fingerprint density at radius 3 is 2.61 bits per heavy atom. The molecule has 0 aromatic heterocycles. The molecule has 0 amide bonds. The van der Waals surface area contributed by atoms with Crippen LogP contribution in [0.3, 0.4) is 0 Å². The summed E-state index contributed by atoms with van der Waals surface area (Å²) in [7, 11) is -3.83. The molecule has 0 aliphatic rings. The average Bonchev–Trinajstić information content (AvgIpc) is 2.30. The molecule has 0 aliphatic carbocycles. The summed E-state index contributed by atoms with van der Waals surface area (Å²) in [6, 6.07) is 5.71. The second-order valence-electron chi connectivity index (χ2n) is 3.75. The highest BCUT2D eigenvalue weighted by molar-refractivity contribution is 7.93. The van der Waals surface area contributed by atoms with Crippen molar-refractivity contribution in [3.63, 3.8) is 0 Å². The molecule has 1 aromatic rings. The first-order valence-electron chi connectivity index (χ1n) is 5.03. The third-order valence-electron chi connectivity index (χ3n) is 2.38. The molecule has 6 nitrogen and oxygen atoms in total. The maximum Gasteiger partial charge on any atom is 0.335 e. The maximum absolute atomic E-state index is 11.7. The number of nitrogens with zero attached hydrogens (tertiary/aromatic N) is 1. The van der Waals surface area contributed by atoms with E-state index in [1.54, 1.807) is 13.0 Å². The lowest BCUT2D eigenvalue weighted by Crippen LogP contribution is -2.24. The van der Waals surface area contributed by atoms with Gasteiger partial charge in [0.15, 0.2) is 5.25 Å². The summed E-state index contributed by atoms with van der Waals surface area (Å²) in [5, 5.41) is 16.2. The predicted molar refractivity (Wildman–Crippen MR) is 65.8 cm³/mol. The number of anilines is 1. The van der Waals surface area contributed by atoms with Crippen LogP contribution in [0.2, 0.25) is 0 Å². The van der Waals surface area contributed by atoms with Gasteiger partial charge in [-0.1, -0.05) is 6.07 Å². The fourth-order valence-electron chi connectivity index (χ4n) is 1.18. The zero-order chi connectivity index (χ0) is 13.9. The lowest BCUT2D eigenvalue weighted by Gasteiger charge is -2.12. The van der Waals surface area contributed by atoms with Crippen LogP contribution in [0.4, 0.5) is 5.69 Å². The van der Waals surface area contributed by atoms with Crippen LogP contribution in [-0.2, 0) is 10.0 Å². The van der Waals surface area contributed by atoms with Gasteiger partial charge in [0.05, 0.1) is 17.3 Å². The van der Waals surface area contributed by atoms with Gasteiger partial charge in [0.2, 0.25) is 10.0 Å². The molecule has 2 N–H and O–H groups in total. The fraction of sp³-hybridized carbons (Fsp3) is 0.273. The SMILES string of the molecule is Cc1ccc(C(=O)O)cc1NS(=O)(=O)C(C)C#N. The van der Waals surface area contributed by atoms with Crippen molar-refractivity contribution in [3.05, 3.63) is 29.3 Å². The molecule has 0 spiro atoms. The van der Waals surface area contributed by atoms with E-state index in [4.69, 9.17) is 10.4 Å². The van der Waals surface area contributed by atoms with Gasteiger partial charge < -0.3 is 5.11 Å². The van der Waals surface area contributed by atoms with E-state index in [-0.39, 0.29) is 11.3 Å². The van der Waals surface area contributed by atoms with Gasteiger partial charge in [0, 0.05) is 0 Å². The normalized spacial score (nSPS) is 12.5. The number of carboxylic acids is 1. The molecule has 0 saturated heterocycles. The maximum atomic E-state index is 11.7. The molecular formula is C11H12N2O4S. The molecule has 18 heavy (non-hydrogen) atoms. The van der Waals surface area contributed by atoms with E-state index in [0.29, 0.717) is 5.56 Å². The first-order valence-corrected chi connectivity index (χ1v) is 6.57. The molecule has 1 rings (SSSR count). The van der Waals surface area contributed by atoms with Crippen LogP contribution < -0.4 is 4.72 Å². The zero-order valence-electron chi connectivity index (χ0n) is 9.84. The first-order chi connectivity index (χ1) is 8.27. The minimum atomic E-state index is -3.83. The number of nitrogens with one attached hydrogen (secondary N) is 1. The van der Waals surface area contributed by atoms with E-state index in [1.807, 2.05) is 0 Å². The molecular weight excluding hydrogens is 256 g/mol. The summed E-state index contributed by atoms with van der Waals surface area (Å²) in [5.41, 5.74) is 0.716. The number of sulfonamides is 1. The fourth-order valence-corrected chi connectivity index (χ4v) is 2.02. The van der Waals surface area contributed by atoms with Crippen LogP contribution in [0.15, 0.2) is 18.2 Å². The Morgan fingerprint density at radius 2 is 2.11 bits per heavy atom. The third kappa shape index (κ3) is 2.99. The summed E-state index contributed by atoms with van der Waals surface area (Å²) < 4.78 is 25.6. The van der Waals surface area contributed by atoms with Gasteiger partial charge in [-0.15, -0.1) is 0 Å². The molecule has 1 atom stereocenters. The Hall–Kier alpha value is -2.07. The Kier molecular flexibility index (Phi) is 3.93. The Morgan fingerprint density at radius 1 is 1.50 bits per heavy atom. The third-order valence-corrected chi connectivity index (χ3v) is 3.92. The van der Waals surface area contributed by atoms with Gasteiger partial charge in [-0.05, 0) is 31.5 Å². The van der Waals surface area contributed by atoms with Crippen LogP contribution in [0, 0.1) is 18.3 Å². The lowest BCUT2D eigenvalue weighted by atomic mass is 10.1. The van der Waals surface area contributed by atoms with E-state index in [2.05, 4.69) is 4.72 Å². The highest BCUT2D eigenvalue weighted by Crippen LogP contribution is 2.19. The number of benzene rings is 1. The molecule has 0 radical (unpaired) electrons. The summed E-state index contributed by atoms with van der Waals surface area (Å²) in [6.45, 7) is 2.89. The van der Waals surface area contributed by atoms with Crippen LogP contribution in [0.1, 0.15) is 22.8 Å². The molecule has 0 heterocycles. The number of aromatic carboxylic acids is 1. The van der Waals surface area contributed by atoms with E-state index in [1.165, 1.54) is 25.1 Å². The Balaban J connectivity index is 3.16. The number of hydrogen-bond acceptors (Lipinski definition) is 4. The number of carboxylic acid groups (broad SMARTS) is 1. The van der Waals surface area contributed by atoms with Gasteiger partial charge in [0.1, 0.15) is 0 Å². The smallest absolute Gasteiger partial charge is 0.335 e. The van der Waals surface area contributed by atoms with Gasteiger partial charge >= 0.3 is 5.97 Å². The number of carbonyl (C=O) groups is 1. The Bertz CT molecular complexity index is 616. The minimum absolute atomic E-state index is 0.0251. The molecule has 7 heteroatoms. The summed E-state index contributed by atoms with van der Waals surface area (Å²) in [4.78, 5) is 10.8. The number of rotatable bonds is 4. The zero-order valence-corrected chi connectivity index (χ0v) is 10.7. The predicted octanol–water partition coefficient (Wildman–Crippen LogP) is 1.35. The highest BCUT2D eigenvalue weighted by atomic mass is 32.2. The molecule has 0 saturated carbocycles. The van der Waals surface area contributed by atoms with Crippen molar-refractivity contribution in [1.82, 2.24) is 0 Å². The average molecular weight is 268 g/mol. The van der Waals surface area contributed by atoms with Crippen LogP contribution in [0.5, 0.6) is 0 Å². The van der Waals surface area contributed by atoms with Crippen molar-refractivity contribution in [2.45, 2.75) is 19.1 Å². The molecule has 0 fully saturated rings. The van der Waals surface area contributed by atoms with Crippen molar-refractivity contribution < 1.29 is 18.3 Å². The highest BCUT2D eigenvalue weighted by Gasteiger charge is 2.21. The lowest BCUT2D eigenvalue weighted by molar-refractivity contribution is 0.0697. The van der Waals surface area contributed by atoms with Crippen molar-refractivity contribution in [1.29, 1.82) is 5.26 Å². The number of aryl methyl sites for hydroxylation is 1. The van der Waals surface area contributed by atoms with Crippen molar-refractivity contribution >= 4 is 21.7 Å². The number of nitriles is 1. The van der Waals surface area contributed by atoms with E-state index >= 15 is 0 Å². The molecule has 96 valence electrons. The van der Waals surface area contributed by atoms with Crippen molar-refractivity contribution in [2.24, 2.45) is 0 Å². The largest absolute Gasteiger partial charge is 0.478 e. The number of hydrogen-bond donors (Lipinski definition) is 2. The van der Waals surface area contributed by atoms with Crippen LogP contribution in [-0.4, -0.2) is 24.7 Å². The van der Waals surface area contributed by atoms with Gasteiger partial charge in [-0.25, -0.2) is 13.2 Å². The van der Waals surface area contributed by atoms with E-state index in [0.717, 1.165) is 0 Å². The van der Waals surface area contributed by atoms with E-state index < -0.39 is 21.2 Å². The van der Waals surface area contributed by atoms with Crippen molar-refractivity contribution in [3.8, 4) is 6.07 Å². The van der Waals surface area contributed by atoms with Gasteiger partial charge in [-0.2, -0.15) is 5.26 Å². The monoisotopic (exact) mass is 268 g/mol. The minimum Gasteiger partial charge on any atom is -0.478 e. The molecule has 1 aromatic carbocycles.